The Morgan fingerprint density at radius 2 is 1.92 bits per heavy atom. The third-order valence-electron chi connectivity index (χ3n) is 5.33. The van der Waals surface area contributed by atoms with Crippen LogP contribution in [-0.4, -0.2) is 78.6 Å². The van der Waals surface area contributed by atoms with Crippen molar-refractivity contribution in [2.45, 2.75) is 38.1 Å². The number of carbonyl (C=O) groups excluding carboxylic acids is 2. The van der Waals surface area contributed by atoms with E-state index in [1.54, 1.807) is 11.8 Å². The van der Waals surface area contributed by atoms with Crippen LogP contribution in [0.15, 0.2) is 0 Å². The van der Waals surface area contributed by atoms with Gasteiger partial charge in [0.25, 0.3) is 0 Å². The minimum absolute atomic E-state index is 0.0339. The third-order valence-corrected chi connectivity index (χ3v) is 6.34. The van der Waals surface area contributed by atoms with Gasteiger partial charge in [-0.2, -0.15) is 0 Å². The molecule has 0 spiro atoms. The van der Waals surface area contributed by atoms with E-state index in [1.807, 2.05) is 4.90 Å². The zero-order valence-electron chi connectivity index (χ0n) is 14.5. The predicted molar refractivity (Wildman–Crippen MR) is 96.9 cm³/mol. The number of nitrogens with zero attached hydrogens (tertiary/aromatic N) is 2. The zero-order valence-corrected chi connectivity index (χ0v) is 15.3. The average Bonchev–Trinajstić information content (AvgIpc) is 3.30. The van der Waals surface area contributed by atoms with Gasteiger partial charge in [-0.3, -0.25) is 9.59 Å². The van der Waals surface area contributed by atoms with E-state index >= 15 is 0 Å². The summed E-state index contributed by atoms with van der Waals surface area (Å²) in [6.07, 6.45) is 5.28. The van der Waals surface area contributed by atoms with Gasteiger partial charge < -0.3 is 20.4 Å². The van der Waals surface area contributed by atoms with Crippen molar-refractivity contribution in [1.82, 2.24) is 20.4 Å². The molecule has 0 radical (unpaired) electrons. The average molecular weight is 355 g/mol. The first kappa shape index (κ1) is 18.0. The molecular formula is C17H30N4O2S. The van der Waals surface area contributed by atoms with Crippen molar-refractivity contribution in [3.05, 3.63) is 0 Å². The number of amides is 2. The van der Waals surface area contributed by atoms with Crippen LogP contribution in [-0.2, 0) is 9.59 Å². The SMILES string of the molecule is O=C(NCCCN1CCNCC1)C1CSCN1C(=O)C1CCCC1. The van der Waals surface area contributed by atoms with Crippen LogP contribution < -0.4 is 10.6 Å². The molecule has 2 heterocycles. The first-order valence-electron chi connectivity index (χ1n) is 9.35. The molecule has 0 aromatic carbocycles. The van der Waals surface area contributed by atoms with Crippen LogP contribution in [0.2, 0.25) is 0 Å². The Kier molecular flexibility index (Phi) is 6.80. The lowest BCUT2D eigenvalue weighted by Gasteiger charge is -2.27. The van der Waals surface area contributed by atoms with Crippen molar-refractivity contribution in [3.63, 3.8) is 0 Å². The van der Waals surface area contributed by atoms with Crippen LogP contribution in [0.3, 0.4) is 0 Å². The van der Waals surface area contributed by atoms with E-state index in [2.05, 4.69) is 15.5 Å². The Morgan fingerprint density at radius 3 is 2.67 bits per heavy atom. The van der Waals surface area contributed by atoms with Gasteiger partial charge in [0, 0.05) is 44.4 Å². The lowest BCUT2D eigenvalue weighted by Crippen LogP contribution is -2.49. The number of hydrogen-bond donors (Lipinski definition) is 2. The first-order chi connectivity index (χ1) is 11.8. The van der Waals surface area contributed by atoms with E-state index in [4.69, 9.17) is 0 Å². The van der Waals surface area contributed by atoms with Crippen molar-refractivity contribution in [1.29, 1.82) is 0 Å². The van der Waals surface area contributed by atoms with Crippen molar-refractivity contribution in [2.75, 3.05) is 50.9 Å². The van der Waals surface area contributed by atoms with Crippen LogP contribution in [0.25, 0.3) is 0 Å². The smallest absolute Gasteiger partial charge is 0.243 e. The minimum Gasteiger partial charge on any atom is -0.354 e. The van der Waals surface area contributed by atoms with E-state index in [9.17, 15) is 9.59 Å². The third kappa shape index (κ3) is 4.64. The van der Waals surface area contributed by atoms with E-state index in [0.717, 1.165) is 70.6 Å². The van der Waals surface area contributed by atoms with Gasteiger partial charge in [-0.15, -0.1) is 11.8 Å². The number of hydrogen-bond acceptors (Lipinski definition) is 5. The van der Waals surface area contributed by atoms with Gasteiger partial charge in [0.2, 0.25) is 11.8 Å². The summed E-state index contributed by atoms with van der Waals surface area (Å²) in [7, 11) is 0. The topological polar surface area (TPSA) is 64.7 Å². The second kappa shape index (κ2) is 9.06. The number of carbonyl (C=O) groups is 2. The molecule has 1 saturated carbocycles. The highest BCUT2D eigenvalue weighted by atomic mass is 32.2. The van der Waals surface area contributed by atoms with Gasteiger partial charge in [-0.05, 0) is 25.8 Å². The molecule has 0 aromatic rings. The van der Waals surface area contributed by atoms with Crippen LogP contribution in [0.4, 0.5) is 0 Å². The fraction of sp³-hybridized carbons (Fsp3) is 0.882. The summed E-state index contributed by atoms with van der Waals surface area (Å²) in [4.78, 5) is 29.4. The Labute approximate surface area is 149 Å². The largest absolute Gasteiger partial charge is 0.354 e. The minimum atomic E-state index is -0.262. The molecule has 1 unspecified atom stereocenters. The molecule has 3 aliphatic rings. The van der Waals surface area contributed by atoms with Crippen LogP contribution >= 0.6 is 11.8 Å². The Morgan fingerprint density at radius 1 is 1.17 bits per heavy atom. The standard InChI is InChI=1S/C17H30N4O2S/c22-16(19-6-3-9-20-10-7-18-8-11-20)15-12-24-13-21(15)17(23)14-4-1-2-5-14/h14-15,18H,1-13H2,(H,19,22). The van der Waals surface area contributed by atoms with E-state index < -0.39 is 0 Å². The van der Waals surface area contributed by atoms with Crippen LogP contribution in [0, 0.1) is 5.92 Å². The quantitative estimate of drug-likeness (QED) is 0.680. The molecule has 2 aliphatic heterocycles. The normalized spacial score (nSPS) is 26.0. The summed E-state index contributed by atoms with van der Waals surface area (Å²) in [6.45, 7) is 6.04. The lowest BCUT2D eigenvalue weighted by molar-refractivity contribution is -0.141. The molecule has 0 bridgehead atoms. The summed E-state index contributed by atoms with van der Waals surface area (Å²) >= 11 is 1.70. The second-order valence-electron chi connectivity index (χ2n) is 7.04. The maximum absolute atomic E-state index is 12.6. The summed E-state index contributed by atoms with van der Waals surface area (Å²) in [5.41, 5.74) is 0. The Bertz CT molecular complexity index is 436. The second-order valence-corrected chi connectivity index (χ2v) is 8.04. The van der Waals surface area contributed by atoms with E-state index in [-0.39, 0.29) is 23.8 Å². The fourth-order valence-electron chi connectivity index (χ4n) is 3.85. The molecule has 2 saturated heterocycles. The zero-order chi connectivity index (χ0) is 16.8. The molecule has 0 aromatic heterocycles. The summed E-state index contributed by atoms with van der Waals surface area (Å²) in [5.74, 6) is 1.81. The molecular weight excluding hydrogens is 324 g/mol. The highest BCUT2D eigenvalue weighted by molar-refractivity contribution is 7.99. The summed E-state index contributed by atoms with van der Waals surface area (Å²) in [6, 6.07) is -0.262. The number of thioether (sulfide) groups is 1. The molecule has 1 aliphatic carbocycles. The van der Waals surface area contributed by atoms with Gasteiger partial charge in [0.05, 0.1) is 5.88 Å². The fourth-order valence-corrected chi connectivity index (χ4v) is 5.02. The van der Waals surface area contributed by atoms with E-state index in [0.29, 0.717) is 12.4 Å². The van der Waals surface area contributed by atoms with Crippen LogP contribution in [0.5, 0.6) is 0 Å². The molecule has 1 atom stereocenters. The highest BCUT2D eigenvalue weighted by Gasteiger charge is 2.38. The number of rotatable bonds is 6. The van der Waals surface area contributed by atoms with Crippen molar-refractivity contribution >= 4 is 23.6 Å². The molecule has 7 heteroatoms. The molecule has 2 amide bonds. The van der Waals surface area contributed by atoms with Crippen molar-refractivity contribution in [3.8, 4) is 0 Å². The highest BCUT2D eigenvalue weighted by Crippen LogP contribution is 2.30. The Balaban J connectivity index is 1.39. The molecule has 6 nitrogen and oxygen atoms in total. The van der Waals surface area contributed by atoms with Gasteiger partial charge in [0.15, 0.2) is 0 Å². The predicted octanol–water partition coefficient (Wildman–Crippen LogP) is 0.490. The molecule has 3 rings (SSSR count). The molecule has 136 valence electrons. The molecule has 24 heavy (non-hydrogen) atoms. The Hall–Kier alpha value is -0.790. The number of nitrogens with one attached hydrogen (secondary N) is 2. The monoisotopic (exact) mass is 354 g/mol. The van der Waals surface area contributed by atoms with Gasteiger partial charge >= 0.3 is 0 Å². The number of piperazine rings is 1. The van der Waals surface area contributed by atoms with Gasteiger partial charge in [-0.1, -0.05) is 12.8 Å². The maximum Gasteiger partial charge on any atom is 0.243 e. The maximum atomic E-state index is 12.6. The van der Waals surface area contributed by atoms with E-state index in [1.165, 1.54) is 0 Å². The summed E-state index contributed by atoms with van der Waals surface area (Å²) < 4.78 is 0. The van der Waals surface area contributed by atoms with Gasteiger partial charge in [0.1, 0.15) is 6.04 Å². The van der Waals surface area contributed by atoms with Crippen molar-refractivity contribution in [2.24, 2.45) is 5.92 Å². The van der Waals surface area contributed by atoms with Gasteiger partial charge in [-0.25, -0.2) is 0 Å². The van der Waals surface area contributed by atoms with Crippen molar-refractivity contribution < 1.29 is 9.59 Å². The summed E-state index contributed by atoms with van der Waals surface area (Å²) in [5, 5.41) is 6.40. The first-order valence-corrected chi connectivity index (χ1v) is 10.5. The van der Waals surface area contributed by atoms with Crippen LogP contribution in [0.1, 0.15) is 32.1 Å². The molecule has 3 fully saturated rings. The molecule has 2 N–H and O–H groups in total. The lowest BCUT2D eigenvalue weighted by atomic mass is 10.1.